The summed E-state index contributed by atoms with van der Waals surface area (Å²) in [6.07, 6.45) is 16.6. The van der Waals surface area contributed by atoms with Crippen molar-refractivity contribution < 1.29 is 20.4 Å². The van der Waals surface area contributed by atoms with E-state index in [0.717, 1.165) is 12.8 Å². The van der Waals surface area contributed by atoms with Crippen molar-refractivity contribution in [1.82, 2.24) is 0 Å². The van der Waals surface area contributed by atoms with E-state index in [1.165, 1.54) is 11.1 Å². The van der Waals surface area contributed by atoms with Crippen LogP contribution in [0.1, 0.15) is 18.1 Å². The molecule has 178 valence electrons. The monoisotopic (exact) mass is 481 g/mol. The van der Waals surface area contributed by atoms with Gasteiger partial charge in [-0.25, -0.2) is 0 Å². The van der Waals surface area contributed by atoms with E-state index in [0.29, 0.717) is 0 Å². The molecule has 0 heterocycles. The van der Waals surface area contributed by atoms with Gasteiger partial charge in [-0.1, -0.05) is 85.0 Å². The summed E-state index contributed by atoms with van der Waals surface area (Å²) in [6.45, 7) is 2.00. The van der Waals surface area contributed by atoms with Gasteiger partial charge in [0.2, 0.25) is 0 Å². The van der Waals surface area contributed by atoms with Crippen LogP contribution in [0.5, 0.6) is 0 Å². The summed E-state index contributed by atoms with van der Waals surface area (Å²) >= 11 is 2.00. The Kier molecular flexibility index (Phi) is 37.3. The Hall–Kier alpha value is -2.01. The van der Waals surface area contributed by atoms with Crippen LogP contribution in [0.2, 0.25) is 0 Å². The fourth-order valence-electron chi connectivity index (χ4n) is 1.96. The Labute approximate surface area is 216 Å². The Morgan fingerprint density at radius 1 is 0.576 bits per heavy atom. The molecule has 3 nitrogen and oxygen atoms in total. The topological polar surface area (TPSA) is 42.3 Å². The predicted octanol–water partition coefficient (Wildman–Crippen LogP) is 8.07. The first-order chi connectivity index (χ1) is 16.1. The number of benzene rings is 2. The Morgan fingerprint density at radius 3 is 1.15 bits per heavy atom. The van der Waals surface area contributed by atoms with Crippen molar-refractivity contribution in [2.24, 2.45) is 0 Å². The number of hydrogen-bond donors (Lipinski definition) is 0. The molecule has 0 aliphatic carbocycles. The molecule has 0 fully saturated rings. The Morgan fingerprint density at radius 2 is 0.909 bits per heavy atom. The summed E-state index contributed by atoms with van der Waals surface area (Å²) in [4.78, 5) is 0. The minimum atomic E-state index is 0.997. The second-order valence-corrected chi connectivity index (χ2v) is 6.98. The van der Waals surface area contributed by atoms with Gasteiger partial charge in [-0.2, -0.15) is 42.3 Å². The average Bonchev–Trinajstić information content (AvgIpc) is 2.83. The third-order valence-electron chi connectivity index (χ3n) is 3.18. The van der Waals surface area contributed by atoms with Crippen LogP contribution in [-0.2, 0) is 33.3 Å². The minimum Gasteiger partial charge on any atom is -0.668 e. The maximum absolute atomic E-state index is 3.50. The molecule has 0 N–H and O–H groups in total. The van der Waals surface area contributed by atoms with E-state index >= 15 is 0 Å². The van der Waals surface area contributed by atoms with Crippen molar-refractivity contribution >= 4 is 0 Å². The van der Waals surface area contributed by atoms with Gasteiger partial charge in [0.05, 0.1) is 0 Å². The zero-order chi connectivity index (χ0) is 25.4. The normalized spacial score (nSPS) is 9.97. The van der Waals surface area contributed by atoms with Crippen LogP contribution in [0, 0.1) is 0 Å². The molecule has 0 saturated heterocycles. The van der Waals surface area contributed by atoms with Gasteiger partial charge in [0.1, 0.15) is 0 Å². The van der Waals surface area contributed by atoms with Crippen molar-refractivity contribution in [3.05, 3.63) is 135 Å². The number of allylic oxidation sites excluding steroid dienone is 7. The standard InChI is InChI=1S/C18H18.C5H7.3C2H6N.Ti/c1(5-11-17-13-7-3-8-14-17)2-6-12-18-15-9-4-10-16-18;1-3-5-4-2;3*1-3-2;/h1-10,13-16H,11-12H2;1,3-5H,2H3;3*1-2H3;/q;;3*-1;+3. The summed E-state index contributed by atoms with van der Waals surface area (Å²) < 4.78 is 2.00. The molecule has 2 aromatic carbocycles. The molecule has 0 aliphatic heterocycles. The molecule has 0 saturated carbocycles. The van der Waals surface area contributed by atoms with E-state index < -0.39 is 0 Å². The third-order valence-corrected chi connectivity index (χ3v) is 3.48. The molecule has 0 unspecified atom stereocenters. The largest absolute Gasteiger partial charge is 0.668 e. The molecule has 33 heavy (non-hydrogen) atoms. The zero-order valence-electron chi connectivity index (χ0n) is 21.6. The van der Waals surface area contributed by atoms with Gasteiger partial charge in [0, 0.05) is 0 Å². The SMILES string of the molecule is C(C=CCc1ccccc1)=CCc1ccccc1.CC=CC=[CH][Ti+3].C[N-]C.C[N-]C.C[N-]C. The summed E-state index contributed by atoms with van der Waals surface area (Å²) in [5.41, 5.74) is 2.70. The van der Waals surface area contributed by atoms with Crippen LogP contribution in [0.25, 0.3) is 16.0 Å². The van der Waals surface area contributed by atoms with Crippen LogP contribution in [0.3, 0.4) is 0 Å². The Bertz CT molecular complexity index is 629. The number of hydrogen-bond acceptors (Lipinski definition) is 0. The molecule has 0 bridgehead atoms. The van der Waals surface area contributed by atoms with Crippen molar-refractivity contribution in [2.45, 2.75) is 19.8 Å². The van der Waals surface area contributed by atoms with E-state index in [1.54, 1.807) is 42.3 Å². The molecule has 4 heteroatoms. The first kappa shape index (κ1) is 35.6. The van der Waals surface area contributed by atoms with Gasteiger partial charge in [-0.15, -0.1) is 0 Å². The first-order valence-corrected chi connectivity index (χ1v) is 11.8. The van der Waals surface area contributed by atoms with Crippen molar-refractivity contribution in [3.63, 3.8) is 0 Å². The Balaban J connectivity index is -0.000000496. The molecular formula is C29H43N3Ti. The van der Waals surface area contributed by atoms with E-state index in [-0.39, 0.29) is 0 Å². The van der Waals surface area contributed by atoms with E-state index in [2.05, 4.69) is 88.8 Å². The van der Waals surface area contributed by atoms with Crippen molar-refractivity contribution in [2.75, 3.05) is 42.3 Å². The molecule has 2 aromatic rings. The van der Waals surface area contributed by atoms with E-state index in [1.807, 2.05) is 62.1 Å². The molecule has 0 atom stereocenters. The maximum atomic E-state index is 3.50. The molecular weight excluding hydrogens is 438 g/mol. The van der Waals surface area contributed by atoms with Crippen LogP contribution >= 0.6 is 0 Å². The van der Waals surface area contributed by atoms with Crippen LogP contribution in [0.15, 0.2) is 108 Å². The molecule has 0 amide bonds. The number of nitrogens with zero attached hydrogens (tertiary/aromatic N) is 3. The summed E-state index contributed by atoms with van der Waals surface area (Å²) in [5.74, 6) is 0. The van der Waals surface area contributed by atoms with Crippen LogP contribution in [0.4, 0.5) is 0 Å². The fraction of sp³-hybridized carbons (Fsp3) is 0.310. The molecule has 0 aliphatic rings. The maximum Gasteiger partial charge on any atom is -0.162 e. The van der Waals surface area contributed by atoms with Gasteiger partial charge < -0.3 is 16.0 Å². The zero-order valence-corrected chi connectivity index (χ0v) is 23.2. The van der Waals surface area contributed by atoms with Crippen LogP contribution < -0.4 is 0 Å². The van der Waals surface area contributed by atoms with E-state index in [9.17, 15) is 0 Å². The van der Waals surface area contributed by atoms with E-state index in [4.69, 9.17) is 0 Å². The average molecular weight is 482 g/mol. The minimum absolute atomic E-state index is 0.997. The van der Waals surface area contributed by atoms with Gasteiger partial charge >= 0.3 is 50.0 Å². The third kappa shape index (κ3) is 34.8. The summed E-state index contributed by atoms with van der Waals surface area (Å²) in [7, 11) is 10.5. The first-order valence-electron chi connectivity index (χ1n) is 10.9. The quantitative estimate of drug-likeness (QED) is 0.296. The molecule has 2 rings (SSSR count). The number of rotatable bonds is 6. The van der Waals surface area contributed by atoms with Gasteiger partial charge in [0.15, 0.2) is 0 Å². The molecule has 0 radical (unpaired) electrons. The predicted molar refractivity (Wildman–Crippen MR) is 148 cm³/mol. The second kappa shape index (κ2) is 34.6. The molecule has 0 spiro atoms. The van der Waals surface area contributed by atoms with Crippen LogP contribution in [-0.4, -0.2) is 42.3 Å². The summed E-state index contributed by atoms with van der Waals surface area (Å²) in [5, 5.41) is 10.5. The fourth-order valence-corrected chi connectivity index (χ4v) is 2.13. The van der Waals surface area contributed by atoms with Gasteiger partial charge in [-0.3, -0.25) is 0 Å². The second-order valence-electron chi connectivity index (χ2n) is 6.46. The van der Waals surface area contributed by atoms with Gasteiger partial charge in [0.25, 0.3) is 0 Å². The summed E-state index contributed by atoms with van der Waals surface area (Å²) in [6, 6.07) is 21.0. The van der Waals surface area contributed by atoms with Gasteiger partial charge in [-0.05, 0) is 24.0 Å². The molecule has 0 aromatic heterocycles. The van der Waals surface area contributed by atoms with Crippen molar-refractivity contribution in [3.8, 4) is 0 Å². The van der Waals surface area contributed by atoms with Crippen molar-refractivity contribution in [1.29, 1.82) is 0 Å². The smallest absolute Gasteiger partial charge is 0.162 e.